The maximum Gasteiger partial charge on any atom is 0.347 e. The summed E-state index contributed by atoms with van der Waals surface area (Å²) in [6.07, 6.45) is 3.21. The molecule has 0 heterocycles. The first-order valence-corrected chi connectivity index (χ1v) is 8.92. The molecule has 0 aliphatic heterocycles. The van der Waals surface area contributed by atoms with Crippen LogP contribution in [0, 0.1) is 0 Å². The van der Waals surface area contributed by atoms with Gasteiger partial charge in [-0.2, -0.15) is 0 Å². The fourth-order valence-electron chi connectivity index (χ4n) is 2.68. The van der Waals surface area contributed by atoms with E-state index in [-0.39, 0.29) is 5.78 Å². The van der Waals surface area contributed by atoms with E-state index in [4.69, 9.17) is 14.2 Å². The van der Waals surface area contributed by atoms with Crippen LogP contribution in [0.1, 0.15) is 26.3 Å². The Kier molecular flexibility index (Phi) is 6.43. The zero-order valence-corrected chi connectivity index (χ0v) is 16.1. The topological polar surface area (TPSA) is 61.8 Å². The number of hydrogen-bond donors (Lipinski definition) is 0. The Morgan fingerprint density at radius 1 is 0.793 bits per heavy atom. The summed E-state index contributed by atoms with van der Waals surface area (Å²) in [4.78, 5) is 24.7. The Balaban J connectivity index is 1.67. The zero-order chi connectivity index (χ0) is 20.6. The molecule has 0 atom stereocenters. The smallest absolute Gasteiger partial charge is 0.347 e. The van der Waals surface area contributed by atoms with Crippen LogP contribution in [0.25, 0.3) is 6.08 Å². The quantitative estimate of drug-likeness (QED) is 0.251. The number of benzene rings is 3. The van der Waals surface area contributed by atoms with Crippen LogP contribution < -0.4 is 14.2 Å². The van der Waals surface area contributed by atoms with Crippen LogP contribution in [0.4, 0.5) is 0 Å². The number of ketones is 1. The highest BCUT2D eigenvalue weighted by Crippen LogP contribution is 2.21. The van der Waals surface area contributed by atoms with Crippen molar-refractivity contribution in [1.29, 1.82) is 0 Å². The molecule has 0 N–H and O–H groups in total. The summed E-state index contributed by atoms with van der Waals surface area (Å²) < 4.78 is 15.7. The molecule has 0 aliphatic carbocycles. The van der Waals surface area contributed by atoms with Crippen molar-refractivity contribution < 1.29 is 23.8 Å². The number of esters is 1. The molecule has 5 nitrogen and oxygen atoms in total. The lowest BCUT2D eigenvalue weighted by molar-refractivity contribution is 0.0731. The lowest BCUT2D eigenvalue weighted by atomic mass is 10.1. The third kappa shape index (κ3) is 5.11. The van der Waals surface area contributed by atoms with Gasteiger partial charge in [-0.1, -0.05) is 30.3 Å². The molecule has 3 rings (SSSR count). The number of hydrogen-bond acceptors (Lipinski definition) is 5. The van der Waals surface area contributed by atoms with Crippen molar-refractivity contribution in [3.05, 3.63) is 95.6 Å². The average Bonchev–Trinajstić information content (AvgIpc) is 2.78. The van der Waals surface area contributed by atoms with Gasteiger partial charge < -0.3 is 14.2 Å². The predicted molar refractivity (Wildman–Crippen MR) is 111 cm³/mol. The van der Waals surface area contributed by atoms with E-state index in [1.165, 1.54) is 13.2 Å². The first-order chi connectivity index (χ1) is 14.1. The summed E-state index contributed by atoms with van der Waals surface area (Å²) in [7, 11) is 3.09. The molecule has 0 unspecified atom stereocenters. The number of para-hydroxylation sites is 1. The monoisotopic (exact) mass is 388 g/mol. The number of methoxy groups -OCH3 is 2. The highest BCUT2D eigenvalue weighted by Gasteiger charge is 2.14. The summed E-state index contributed by atoms with van der Waals surface area (Å²) in [5.74, 6) is 0.817. The molecular formula is C24H20O5. The number of allylic oxidation sites excluding steroid dienone is 1. The molecule has 5 heteroatoms. The third-order valence-corrected chi connectivity index (χ3v) is 4.20. The van der Waals surface area contributed by atoms with Gasteiger partial charge in [0.1, 0.15) is 22.8 Å². The highest BCUT2D eigenvalue weighted by molar-refractivity contribution is 6.07. The lowest BCUT2D eigenvalue weighted by Crippen LogP contribution is -2.10. The molecule has 0 saturated carbocycles. The SMILES string of the molecule is COc1cccc(/C=C/C(=O)c2ccc(OC(=O)c3ccccc3OC)cc2)c1. The van der Waals surface area contributed by atoms with Crippen molar-refractivity contribution in [3.63, 3.8) is 0 Å². The number of rotatable bonds is 7. The Labute approximate surface area is 169 Å². The van der Waals surface area contributed by atoms with Gasteiger partial charge in [0.2, 0.25) is 0 Å². The summed E-state index contributed by atoms with van der Waals surface area (Å²) in [6, 6.07) is 20.6. The fourth-order valence-corrected chi connectivity index (χ4v) is 2.68. The maximum absolute atomic E-state index is 12.4. The third-order valence-electron chi connectivity index (χ3n) is 4.20. The second-order valence-corrected chi connectivity index (χ2v) is 6.09. The standard InChI is InChI=1S/C24H20O5/c1-27-20-7-5-6-17(16-20)10-15-22(25)18-11-13-19(14-12-18)29-24(26)21-8-3-4-9-23(21)28-2/h3-16H,1-2H3/b15-10+. The summed E-state index contributed by atoms with van der Waals surface area (Å²) in [5.41, 5.74) is 1.68. The molecule has 0 bridgehead atoms. The van der Waals surface area contributed by atoms with Crippen LogP contribution in [-0.2, 0) is 0 Å². The van der Waals surface area contributed by atoms with Gasteiger partial charge in [0, 0.05) is 5.56 Å². The van der Waals surface area contributed by atoms with Gasteiger partial charge in [-0.15, -0.1) is 0 Å². The van der Waals surface area contributed by atoms with Crippen LogP contribution in [0.15, 0.2) is 78.9 Å². The normalized spacial score (nSPS) is 10.6. The second-order valence-electron chi connectivity index (χ2n) is 6.09. The molecule has 0 aromatic heterocycles. The van der Waals surface area contributed by atoms with Gasteiger partial charge in [-0.3, -0.25) is 4.79 Å². The van der Waals surface area contributed by atoms with Crippen molar-refractivity contribution in [2.75, 3.05) is 14.2 Å². The van der Waals surface area contributed by atoms with Crippen molar-refractivity contribution in [2.45, 2.75) is 0 Å². The first-order valence-electron chi connectivity index (χ1n) is 8.92. The van der Waals surface area contributed by atoms with Gasteiger partial charge in [0.25, 0.3) is 0 Å². The largest absolute Gasteiger partial charge is 0.497 e. The summed E-state index contributed by atoms with van der Waals surface area (Å²) >= 11 is 0. The molecule has 0 radical (unpaired) electrons. The van der Waals surface area contributed by atoms with Crippen molar-refractivity contribution >= 4 is 17.8 Å². The van der Waals surface area contributed by atoms with Crippen LogP contribution in [0.3, 0.4) is 0 Å². The van der Waals surface area contributed by atoms with E-state index in [0.717, 1.165) is 11.3 Å². The van der Waals surface area contributed by atoms with E-state index >= 15 is 0 Å². The minimum absolute atomic E-state index is 0.157. The van der Waals surface area contributed by atoms with E-state index in [1.54, 1.807) is 61.7 Å². The van der Waals surface area contributed by atoms with Gasteiger partial charge in [0.05, 0.1) is 14.2 Å². The van der Waals surface area contributed by atoms with Gasteiger partial charge in [-0.05, 0) is 60.2 Å². The first kappa shape index (κ1) is 19.9. The van der Waals surface area contributed by atoms with E-state index in [1.807, 2.05) is 24.3 Å². The molecule has 0 amide bonds. The van der Waals surface area contributed by atoms with Crippen LogP contribution in [-0.4, -0.2) is 26.0 Å². The molecule has 146 valence electrons. The number of carbonyl (C=O) groups excluding carboxylic acids is 2. The predicted octanol–water partition coefficient (Wildman–Crippen LogP) is 4.82. The molecule has 0 aliphatic rings. The van der Waals surface area contributed by atoms with Gasteiger partial charge >= 0.3 is 5.97 Å². The molecular weight excluding hydrogens is 368 g/mol. The summed E-state index contributed by atoms with van der Waals surface area (Å²) in [6.45, 7) is 0. The minimum atomic E-state index is -0.528. The van der Waals surface area contributed by atoms with E-state index in [0.29, 0.717) is 22.6 Å². The summed E-state index contributed by atoms with van der Waals surface area (Å²) in [5, 5.41) is 0. The van der Waals surface area contributed by atoms with E-state index < -0.39 is 5.97 Å². The van der Waals surface area contributed by atoms with Crippen molar-refractivity contribution in [3.8, 4) is 17.2 Å². The number of ether oxygens (including phenoxy) is 3. The van der Waals surface area contributed by atoms with E-state index in [9.17, 15) is 9.59 Å². The Morgan fingerprint density at radius 3 is 2.28 bits per heavy atom. The Hall–Kier alpha value is -3.86. The van der Waals surface area contributed by atoms with E-state index in [2.05, 4.69) is 0 Å². The zero-order valence-electron chi connectivity index (χ0n) is 16.1. The Morgan fingerprint density at radius 2 is 1.55 bits per heavy atom. The minimum Gasteiger partial charge on any atom is -0.497 e. The maximum atomic E-state index is 12.4. The molecule has 3 aromatic carbocycles. The fraction of sp³-hybridized carbons (Fsp3) is 0.0833. The molecule has 3 aromatic rings. The average molecular weight is 388 g/mol. The Bertz CT molecular complexity index is 1040. The molecule has 0 spiro atoms. The van der Waals surface area contributed by atoms with Crippen molar-refractivity contribution in [2.24, 2.45) is 0 Å². The van der Waals surface area contributed by atoms with Crippen LogP contribution in [0.5, 0.6) is 17.2 Å². The molecule has 0 fully saturated rings. The molecule has 29 heavy (non-hydrogen) atoms. The number of carbonyl (C=O) groups is 2. The highest BCUT2D eigenvalue weighted by atomic mass is 16.5. The second kappa shape index (κ2) is 9.37. The van der Waals surface area contributed by atoms with Gasteiger partial charge in [0.15, 0.2) is 5.78 Å². The molecule has 0 saturated heterocycles. The van der Waals surface area contributed by atoms with Crippen LogP contribution in [0.2, 0.25) is 0 Å². The van der Waals surface area contributed by atoms with Crippen molar-refractivity contribution in [1.82, 2.24) is 0 Å². The lowest BCUT2D eigenvalue weighted by Gasteiger charge is -2.08. The van der Waals surface area contributed by atoms with Crippen LogP contribution >= 0.6 is 0 Å². The van der Waals surface area contributed by atoms with Gasteiger partial charge in [-0.25, -0.2) is 4.79 Å².